The Morgan fingerprint density at radius 3 is 2.69 bits per heavy atom. The fourth-order valence-electron chi connectivity index (χ4n) is 2.81. The Labute approximate surface area is 165 Å². The molecular formula is C20H19FN6O2. The lowest BCUT2D eigenvalue weighted by Gasteiger charge is -2.07. The molecule has 148 valence electrons. The summed E-state index contributed by atoms with van der Waals surface area (Å²) in [5, 5.41) is 9.15. The van der Waals surface area contributed by atoms with Gasteiger partial charge in [0.1, 0.15) is 11.6 Å². The van der Waals surface area contributed by atoms with Crippen LogP contribution in [0.1, 0.15) is 11.3 Å². The summed E-state index contributed by atoms with van der Waals surface area (Å²) in [6.07, 6.45) is 0. The number of halogens is 1. The minimum absolute atomic E-state index is 0.264. The van der Waals surface area contributed by atoms with Crippen LogP contribution in [0.3, 0.4) is 0 Å². The molecule has 0 aliphatic carbocycles. The Morgan fingerprint density at radius 2 is 1.90 bits per heavy atom. The molecule has 0 saturated carbocycles. The van der Waals surface area contributed by atoms with Crippen LogP contribution in [0.15, 0.2) is 59.4 Å². The molecule has 0 bridgehead atoms. The van der Waals surface area contributed by atoms with Gasteiger partial charge in [0.2, 0.25) is 5.95 Å². The first-order chi connectivity index (χ1) is 14.1. The standard InChI is InChI=1S/C20H19FN6O2/c1-29-17-4-2-3-15(9-17)22-12-16-10-18(28)27-20(24-16)25-19(26-27)23-11-13-5-7-14(21)8-6-13/h2-10,22H,11-12H2,1H3,(H2,23,24,25,26). The monoisotopic (exact) mass is 394 g/mol. The number of hydrogen-bond acceptors (Lipinski definition) is 6. The van der Waals surface area contributed by atoms with Crippen molar-refractivity contribution < 1.29 is 9.13 Å². The number of methoxy groups -OCH3 is 1. The molecule has 0 radical (unpaired) electrons. The normalized spacial score (nSPS) is 10.8. The van der Waals surface area contributed by atoms with Crippen molar-refractivity contribution in [2.75, 3.05) is 17.7 Å². The maximum Gasteiger partial charge on any atom is 0.274 e. The molecule has 2 aromatic heterocycles. The molecule has 0 amide bonds. The lowest BCUT2D eigenvalue weighted by atomic mass is 10.2. The van der Waals surface area contributed by atoms with Gasteiger partial charge >= 0.3 is 0 Å². The van der Waals surface area contributed by atoms with E-state index < -0.39 is 0 Å². The van der Waals surface area contributed by atoms with Crippen LogP contribution >= 0.6 is 0 Å². The van der Waals surface area contributed by atoms with Gasteiger partial charge in [0.15, 0.2) is 0 Å². The van der Waals surface area contributed by atoms with Crippen LogP contribution in [0.2, 0.25) is 0 Å². The Kier molecular flexibility index (Phi) is 5.10. The number of benzene rings is 2. The van der Waals surface area contributed by atoms with Gasteiger partial charge in [-0.05, 0) is 29.8 Å². The van der Waals surface area contributed by atoms with Gasteiger partial charge < -0.3 is 15.4 Å². The summed E-state index contributed by atoms with van der Waals surface area (Å²) >= 11 is 0. The largest absolute Gasteiger partial charge is 0.497 e. The molecule has 0 fully saturated rings. The van der Waals surface area contributed by atoms with E-state index in [1.165, 1.54) is 22.7 Å². The summed E-state index contributed by atoms with van der Waals surface area (Å²) in [6, 6.07) is 15.1. The van der Waals surface area contributed by atoms with Crippen LogP contribution < -0.4 is 20.9 Å². The molecule has 0 unspecified atom stereocenters. The van der Waals surface area contributed by atoms with Crippen molar-refractivity contribution in [1.29, 1.82) is 0 Å². The van der Waals surface area contributed by atoms with Gasteiger partial charge in [-0.25, -0.2) is 9.37 Å². The van der Waals surface area contributed by atoms with E-state index in [-0.39, 0.29) is 17.2 Å². The number of aromatic nitrogens is 4. The molecule has 8 nitrogen and oxygen atoms in total. The van der Waals surface area contributed by atoms with Crippen molar-refractivity contribution in [1.82, 2.24) is 19.6 Å². The number of aromatic amines is 1. The maximum absolute atomic E-state index is 13.0. The van der Waals surface area contributed by atoms with E-state index in [0.29, 0.717) is 24.7 Å². The zero-order valence-corrected chi connectivity index (χ0v) is 15.6. The first-order valence-corrected chi connectivity index (χ1v) is 8.96. The van der Waals surface area contributed by atoms with Gasteiger partial charge in [-0.3, -0.25) is 9.89 Å². The molecule has 2 heterocycles. The Bertz CT molecular complexity index is 1190. The van der Waals surface area contributed by atoms with Crippen molar-refractivity contribution in [3.63, 3.8) is 0 Å². The predicted octanol–water partition coefficient (Wildman–Crippen LogP) is 2.79. The number of nitrogens with zero attached hydrogens (tertiary/aromatic N) is 3. The van der Waals surface area contributed by atoms with Crippen molar-refractivity contribution >= 4 is 17.4 Å². The third-order valence-corrected chi connectivity index (χ3v) is 4.30. The molecule has 0 saturated heterocycles. The first-order valence-electron chi connectivity index (χ1n) is 8.96. The van der Waals surface area contributed by atoms with Crippen LogP contribution in [0.4, 0.5) is 16.0 Å². The Balaban J connectivity index is 1.47. The molecule has 2 aromatic carbocycles. The maximum atomic E-state index is 13.0. The highest BCUT2D eigenvalue weighted by Crippen LogP contribution is 2.17. The van der Waals surface area contributed by atoms with Crippen molar-refractivity contribution in [2.24, 2.45) is 0 Å². The second-order valence-electron chi connectivity index (χ2n) is 6.36. The zero-order valence-electron chi connectivity index (χ0n) is 15.6. The van der Waals surface area contributed by atoms with Gasteiger partial charge in [0, 0.05) is 24.4 Å². The number of fused-ring (bicyclic) bond motifs is 1. The molecule has 9 heteroatoms. The molecule has 0 aliphatic rings. The zero-order chi connectivity index (χ0) is 20.2. The van der Waals surface area contributed by atoms with Gasteiger partial charge in [0.25, 0.3) is 11.3 Å². The topological polar surface area (TPSA) is 96.3 Å². The summed E-state index contributed by atoms with van der Waals surface area (Å²) < 4.78 is 19.4. The van der Waals surface area contributed by atoms with E-state index in [2.05, 4.69) is 25.7 Å². The highest BCUT2D eigenvalue weighted by atomic mass is 19.1. The molecule has 4 rings (SSSR count). The number of anilines is 2. The predicted molar refractivity (Wildman–Crippen MR) is 108 cm³/mol. The van der Waals surface area contributed by atoms with E-state index in [0.717, 1.165) is 17.0 Å². The molecule has 0 aliphatic heterocycles. The van der Waals surface area contributed by atoms with Gasteiger partial charge in [0.05, 0.1) is 19.3 Å². The van der Waals surface area contributed by atoms with E-state index in [4.69, 9.17) is 4.74 Å². The second-order valence-corrected chi connectivity index (χ2v) is 6.36. The minimum Gasteiger partial charge on any atom is -0.497 e. The molecule has 3 N–H and O–H groups in total. The van der Waals surface area contributed by atoms with Gasteiger partial charge in [-0.1, -0.05) is 18.2 Å². The van der Waals surface area contributed by atoms with E-state index in [1.54, 1.807) is 19.2 Å². The molecule has 4 aromatic rings. The molecular weight excluding hydrogens is 375 g/mol. The van der Waals surface area contributed by atoms with Crippen molar-refractivity contribution in [3.8, 4) is 5.75 Å². The van der Waals surface area contributed by atoms with Crippen LogP contribution in [-0.2, 0) is 13.1 Å². The third kappa shape index (κ3) is 4.34. The minimum atomic E-state index is -0.289. The SMILES string of the molecule is COc1cccc(NCc2cc(=O)n3[nH]c(NCc4ccc(F)cc4)nc3n2)c1. The highest BCUT2D eigenvalue weighted by molar-refractivity contribution is 5.48. The van der Waals surface area contributed by atoms with E-state index >= 15 is 0 Å². The first kappa shape index (κ1) is 18.5. The second kappa shape index (κ2) is 8.01. The average Bonchev–Trinajstić information content (AvgIpc) is 3.16. The summed E-state index contributed by atoms with van der Waals surface area (Å²) in [6.45, 7) is 0.795. The molecule has 0 spiro atoms. The van der Waals surface area contributed by atoms with Crippen molar-refractivity contribution in [3.05, 3.63) is 82.0 Å². The molecule has 0 atom stereocenters. The van der Waals surface area contributed by atoms with Crippen LogP contribution in [0, 0.1) is 5.82 Å². The number of hydrogen-bond donors (Lipinski definition) is 3. The van der Waals surface area contributed by atoms with Crippen LogP contribution in [-0.4, -0.2) is 26.7 Å². The smallest absolute Gasteiger partial charge is 0.274 e. The highest BCUT2D eigenvalue weighted by Gasteiger charge is 2.08. The average molecular weight is 394 g/mol. The fraction of sp³-hybridized carbons (Fsp3) is 0.150. The Hall–Kier alpha value is -3.88. The number of nitrogens with one attached hydrogen (secondary N) is 3. The van der Waals surface area contributed by atoms with Crippen LogP contribution in [0.5, 0.6) is 5.75 Å². The quantitative estimate of drug-likeness (QED) is 0.446. The van der Waals surface area contributed by atoms with Crippen molar-refractivity contribution in [2.45, 2.75) is 13.1 Å². The summed E-state index contributed by atoms with van der Waals surface area (Å²) in [7, 11) is 1.61. The number of ether oxygens (including phenoxy) is 1. The lowest BCUT2D eigenvalue weighted by molar-refractivity contribution is 0.415. The summed E-state index contributed by atoms with van der Waals surface area (Å²) in [5.74, 6) is 1.12. The third-order valence-electron chi connectivity index (χ3n) is 4.30. The van der Waals surface area contributed by atoms with Crippen LogP contribution in [0.25, 0.3) is 5.78 Å². The fourth-order valence-corrected chi connectivity index (χ4v) is 2.81. The van der Waals surface area contributed by atoms with E-state index in [9.17, 15) is 9.18 Å². The summed E-state index contributed by atoms with van der Waals surface area (Å²) in [5.41, 5.74) is 2.04. The Morgan fingerprint density at radius 1 is 1.07 bits per heavy atom. The van der Waals surface area contributed by atoms with Gasteiger partial charge in [-0.15, -0.1) is 0 Å². The summed E-state index contributed by atoms with van der Waals surface area (Å²) in [4.78, 5) is 21.1. The molecule has 29 heavy (non-hydrogen) atoms. The number of H-pyrrole nitrogens is 1. The lowest BCUT2D eigenvalue weighted by Crippen LogP contribution is -2.17. The number of rotatable bonds is 7. The van der Waals surface area contributed by atoms with Gasteiger partial charge in [-0.2, -0.15) is 9.50 Å². The van der Waals surface area contributed by atoms with E-state index in [1.807, 2.05) is 24.3 Å².